The van der Waals surface area contributed by atoms with E-state index in [0.29, 0.717) is 19.4 Å². The summed E-state index contributed by atoms with van der Waals surface area (Å²) in [5.74, 6) is -0.504. The van der Waals surface area contributed by atoms with E-state index < -0.39 is 5.97 Å². The Bertz CT molecular complexity index is 607. The van der Waals surface area contributed by atoms with Gasteiger partial charge in [0.15, 0.2) is 0 Å². The lowest BCUT2D eigenvalue weighted by Gasteiger charge is -2.48. The molecule has 3 rings (SSSR count). The Morgan fingerprint density at radius 3 is 2.92 bits per heavy atom. The maximum absolute atomic E-state index is 12.4. The smallest absolute Gasteiger partial charge is 0.303 e. The monoisotopic (exact) mass is 345 g/mol. The molecule has 0 bridgehead atoms. The molecule has 2 aliphatic rings. The number of nitrogens with zero attached hydrogens (tertiary/aromatic N) is 3. The minimum Gasteiger partial charge on any atom is -0.481 e. The first kappa shape index (κ1) is 17.9. The average Bonchev–Trinajstić information content (AvgIpc) is 2.59. The lowest BCUT2D eigenvalue weighted by atomic mass is 9.73. The van der Waals surface area contributed by atoms with Crippen LogP contribution in [0.3, 0.4) is 0 Å². The number of hydrogen-bond acceptors (Lipinski definition) is 4. The zero-order valence-electron chi connectivity index (χ0n) is 14.7. The molecule has 1 spiro atoms. The fourth-order valence-electron chi connectivity index (χ4n) is 4.22. The van der Waals surface area contributed by atoms with Gasteiger partial charge in [-0.1, -0.05) is 6.07 Å². The van der Waals surface area contributed by atoms with E-state index in [4.69, 9.17) is 5.11 Å². The lowest BCUT2D eigenvalue weighted by molar-refractivity contribution is -0.141. The van der Waals surface area contributed by atoms with E-state index in [2.05, 4.69) is 9.88 Å². The van der Waals surface area contributed by atoms with E-state index in [1.54, 1.807) is 6.20 Å². The lowest BCUT2D eigenvalue weighted by Crippen LogP contribution is -2.53. The maximum Gasteiger partial charge on any atom is 0.303 e. The molecular formula is C19H27N3O3. The van der Waals surface area contributed by atoms with Gasteiger partial charge in [0.1, 0.15) is 0 Å². The molecule has 2 aliphatic heterocycles. The Labute approximate surface area is 148 Å². The van der Waals surface area contributed by atoms with Crippen LogP contribution in [0.15, 0.2) is 24.4 Å². The normalized spacial score (nSPS) is 24.6. The van der Waals surface area contributed by atoms with Crippen molar-refractivity contribution in [2.75, 3.05) is 26.2 Å². The van der Waals surface area contributed by atoms with Crippen LogP contribution in [-0.4, -0.2) is 57.9 Å². The minimum absolute atomic E-state index is 0.157. The summed E-state index contributed by atoms with van der Waals surface area (Å²) in [6.45, 7) is 4.22. The molecule has 0 saturated carbocycles. The standard InChI is InChI=1S/C19H27N3O3/c23-17-7-9-19(15-22(17)13-16-5-1-2-10-20-16)8-4-12-21(14-19)11-3-6-18(24)25/h1-2,5,10H,3-4,6-9,11-15H2,(H,24,25). The van der Waals surface area contributed by atoms with E-state index in [9.17, 15) is 9.59 Å². The first-order valence-corrected chi connectivity index (χ1v) is 9.18. The summed E-state index contributed by atoms with van der Waals surface area (Å²) in [4.78, 5) is 31.8. The molecule has 25 heavy (non-hydrogen) atoms. The molecule has 136 valence electrons. The summed E-state index contributed by atoms with van der Waals surface area (Å²) in [6.07, 6.45) is 6.52. The van der Waals surface area contributed by atoms with Crippen LogP contribution in [0.5, 0.6) is 0 Å². The molecule has 1 aromatic rings. The number of piperidine rings is 2. The van der Waals surface area contributed by atoms with Gasteiger partial charge in [-0.2, -0.15) is 0 Å². The Morgan fingerprint density at radius 2 is 2.16 bits per heavy atom. The van der Waals surface area contributed by atoms with Crippen molar-refractivity contribution in [3.63, 3.8) is 0 Å². The highest BCUT2D eigenvalue weighted by Crippen LogP contribution is 2.39. The van der Waals surface area contributed by atoms with Crippen LogP contribution in [-0.2, 0) is 16.1 Å². The number of rotatable bonds is 6. The number of likely N-dealkylation sites (tertiary alicyclic amines) is 2. The molecule has 0 aromatic carbocycles. The van der Waals surface area contributed by atoms with Crippen molar-refractivity contribution in [3.8, 4) is 0 Å². The third kappa shape index (κ3) is 4.78. The van der Waals surface area contributed by atoms with Gasteiger partial charge >= 0.3 is 5.97 Å². The van der Waals surface area contributed by atoms with Crippen molar-refractivity contribution >= 4 is 11.9 Å². The third-order valence-corrected chi connectivity index (χ3v) is 5.43. The number of carboxylic acids is 1. The largest absolute Gasteiger partial charge is 0.481 e. The summed E-state index contributed by atoms with van der Waals surface area (Å²) in [7, 11) is 0. The molecule has 0 aliphatic carbocycles. The Kier molecular flexibility index (Phi) is 5.68. The zero-order chi connectivity index (χ0) is 17.7. The fraction of sp³-hybridized carbons (Fsp3) is 0.632. The molecule has 2 fully saturated rings. The van der Waals surface area contributed by atoms with Gasteiger partial charge in [0, 0.05) is 37.5 Å². The van der Waals surface area contributed by atoms with Crippen molar-refractivity contribution in [3.05, 3.63) is 30.1 Å². The second-order valence-electron chi connectivity index (χ2n) is 7.45. The number of hydrogen-bond donors (Lipinski definition) is 1. The van der Waals surface area contributed by atoms with Crippen molar-refractivity contribution in [2.24, 2.45) is 5.41 Å². The van der Waals surface area contributed by atoms with Gasteiger partial charge in [0.2, 0.25) is 5.91 Å². The third-order valence-electron chi connectivity index (χ3n) is 5.43. The van der Waals surface area contributed by atoms with E-state index >= 15 is 0 Å². The highest BCUT2D eigenvalue weighted by atomic mass is 16.4. The predicted molar refractivity (Wildman–Crippen MR) is 93.9 cm³/mol. The summed E-state index contributed by atoms with van der Waals surface area (Å²) in [5.41, 5.74) is 1.09. The highest BCUT2D eigenvalue weighted by Gasteiger charge is 2.41. The summed E-state index contributed by atoms with van der Waals surface area (Å²) in [5, 5.41) is 8.82. The SMILES string of the molecule is O=C(O)CCCN1CCCC2(CCC(=O)N(Cc3ccccn3)C2)C1. The molecule has 2 saturated heterocycles. The average molecular weight is 345 g/mol. The fourth-order valence-corrected chi connectivity index (χ4v) is 4.22. The first-order chi connectivity index (χ1) is 12.1. The summed E-state index contributed by atoms with van der Waals surface area (Å²) in [6, 6.07) is 5.81. The van der Waals surface area contributed by atoms with Crippen molar-refractivity contribution in [1.29, 1.82) is 0 Å². The van der Waals surface area contributed by atoms with Crippen LogP contribution in [0.1, 0.15) is 44.2 Å². The van der Waals surface area contributed by atoms with Gasteiger partial charge in [0.25, 0.3) is 0 Å². The van der Waals surface area contributed by atoms with Gasteiger partial charge in [-0.3, -0.25) is 14.6 Å². The second-order valence-corrected chi connectivity index (χ2v) is 7.45. The molecule has 3 heterocycles. The van der Waals surface area contributed by atoms with Crippen LogP contribution >= 0.6 is 0 Å². The Hall–Kier alpha value is -1.95. The number of carbonyl (C=O) groups is 2. The van der Waals surface area contributed by atoms with Crippen LogP contribution in [0.4, 0.5) is 0 Å². The molecule has 1 amide bonds. The summed E-state index contributed by atoms with van der Waals surface area (Å²) >= 11 is 0. The van der Waals surface area contributed by atoms with E-state index in [0.717, 1.165) is 51.1 Å². The van der Waals surface area contributed by atoms with Crippen LogP contribution in [0.25, 0.3) is 0 Å². The topological polar surface area (TPSA) is 73.7 Å². The van der Waals surface area contributed by atoms with Crippen LogP contribution in [0, 0.1) is 5.41 Å². The van der Waals surface area contributed by atoms with Gasteiger partial charge in [0.05, 0.1) is 12.2 Å². The first-order valence-electron chi connectivity index (χ1n) is 9.18. The predicted octanol–water partition coefficient (Wildman–Crippen LogP) is 2.15. The van der Waals surface area contributed by atoms with Crippen LogP contribution in [0.2, 0.25) is 0 Å². The molecule has 6 nitrogen and oxygen atoms in total. The van der Waals surface area contributed by atoms with Gasteiger partial charge < -0.3 is 14.9 Å². The minimum atomic E-state index is -0.725. The van der Waals surface area contributed by atoms with E-state index in [1.807, 2.05) is 23.1 Å². The molecule has 1 atom stereocenters. The molecule has 6 heteroatoms. The summed E-state index contributed by atoms with van der Waals surface area (Å²) < 4.78 is 0. The number of carboxylic acid groups (broad SMARTS) is 1. The van der Waals surface area contributed by atoms with Crippen molar-refractivity contribution in [1.82, 2.24) is 14.8 Å². The van der Waals surface area contributed by atoms with Gasteiger partial charge in [-0.15, -0.1) is 0 Å². The van der Waals surface area contributed by atoms with Crippen molar-refractivity contribution in [2.45, 2.75) is 45.1 Å². The van der Waals surface area contributed by atoms with Crippen molar-refractivity contribution < 1.29 is 14.7 Å². The molecule has 1 aromatic heterocycles. The van der Waals surface area contributed by atoms with Gasteiger partial charge in [-0.05, 0) is 50.9 Å². The Balaban J connectivity index is 1.60. The number of aromatic nitrogens is 1. The van der Waals surface area contributed by atoms with E-state index in [-0.39, 0.29) is 17.7 Å². The van der Waals surface area contributed by atoms with E-state index in [1.165, 1.54) is 0 Å². The molecule has 1 N–H and O–H groups in total. The molecular weight excluding hydrogens is 318 g/mol. The maximum atomic E-state index is 12.4. The second kappa shape index (κ2) is 7.95. The van der Waals surface area contributed by atoms with Gasteiger partial charge in [-0.25, -0.2) is 0 Å². The zero-order valence-corrected chi connectivity index (χ0v) is 14.7. The highest BCUT2D eigenvalue weighted by molar-refractivity contribution is 5.77. The number of carbonyl (C=O) groups excluding carboxylic acids is 1. The number of aliphatic carboxylic acids is 1. The molecule has 0 radical (unpaired) electrons. The Morgan fingerprint density at radius 1 is 1.28 bits per heavy atom. The molecule has 1 unspecified atom stereocenters. The number of pyridine rings is 1. The van der Waals surface area contributed by atoms with Crippen LogP contribution < -0.4 is 0 Å². The number of amides is 1. The quantitative estimate of drug-likeness (QED) is 0.855.